The molecule has 1 atom stereocenters. The minimum absolute atomic E-state index is 0.198. The maximum Gasteiger partial charge on any atom is 0.227 e. The van der Waals surface area contributed by atoms with Gasteiger partial charge < -0.3 is 0 Å². The summed E-state index contributed by atoms with van der Waals surface area (Å²) in [6.07, 6.45) is 1.76. The standard InChI is InChI=1S/C7H11N5O2S/c1-6(4-8)15(13,14)11-3-2-7-9-5-10-12-7/h5-6,11H,2-3H2,1H3,(H,9,10,12). The van der Waals surface area contributed by atoms with Crippen molar-refractivity contribution in [2.45, 2.75) is 18.6 Å². The van der Waals surface area contributed by atoms with Crippen LogP contribution in [0.4, 0.5) is 0 Å². The highest BCUT2D eigenvalue weighted by atomic mass is 32.2. The van der Waals surface area contributed by atoms with E-state index in [-0.39, 0.29) is 6.54 Å². The molecular formula is C7H11N5O2S. The van der Waals surface area contributed by atoms with Gasteiger partial charge in [0.15, 0.2) is 5.25 Å². The van der Waals surface area contributed by atoms with Crippen molar-refractivity contribution in [3.63, 3.8) is 0 Å². The Balaban J connectivity index is 2.42. The van der Waals surface area contributed by atoms with Gasteiger partial charge in [0, 0.05) is 13.0 Å². The third-order valence-electron chi connectivity index (χ3n) is 1.78. The Morgan fingerprint density at radius 2 is 2.47 bits per heavy atom. The maximum atomic E-state index is 11.3. The molecule has 8 heteroatoms. The molecule has 0 aliphatic rings. The Morgan fingerprint density at radius 3 is 3.00 bits per heavy atom. The summed E-state index contributed by atoms with van der Waals surface area (Å²) < 4.78 is 24.9. The highest BCUT2D eigenvalue weighted by molar-refractivity contribution is 7.90. The molecule has 7 nitrogen and oxygen atoms in total. The first-order valence-corrected chi connectivity index (χ1v) is 5.83. The summed E-state index contributed by atoms with van der Waals surface area (Å²) in [5.74, 6) is 0.599. The molecule has 0 bridgehead atoms. The van der Waals surface area contributed by atoms with E-state index in [4.69, 9.17) is 5.26 Å². The summed E-state index contributed by atoms with van der Waals surface area (Å²) in [5.41, 5.74) is 0. The zero-order valence-corrected chi connectivity index (χ0v) is 8.95. The number of nitrogens with zero attached hydrogens (tertiary/aromatic N) is 3. The summed E-state index contributed by atoms with van der Waals surface area (Å²) >= 11 is 0. The largest absolute Gasteiger partial charge is 0.263 e. The SMILES string of the molecule is CC(C#N)S(=O)(=O)NCCc1ncn[nH]1. The van der Waals surface area contributed by atoms with E-state index in [0.717, 1.165) is 0 Å². The average molecular weight is 229 g/mol. The number of aromatic amines is 1. The highest BCUT2D eigenvalue weighted by Crippen LogP contribution is 1.96. The summed E-state index contributed by atoms with van der Waals surface area (Å²) in [7, 11) is -3.54. The van der Waals surface area contributed by atoms with Crippen molar-refractivity contribution in [2.75, 3.05) is 6.54 Å². The first-order valence-electron chi connectivity index (χ1n) is 4.28. The van der Waals surface area contributed by atoms with Gasteiger partial charge in [-0.2, -0.15) is 10.4 Å². The normalized spacial score (nSPS) is 13.3. The van der Waals surface area contributed by atoms with Crippen molar-refractivity contribution in [1.29, 1.82) is 5.26 Å². The number of hydrogen-bond donors (Lipinski definition) is 2. The molecule has 0 radical (unpaired) electrons. The average Bonchev–Trinajstić information content (AvgIpc) is 2.69. The summed E-state index contributed by atoms with van der Waals surface area (Å²) in [6, 6.07) is 1.66. The zero-order valence-electron chi connectivity index (χ0n) is 8.14. The van der Waals surface area contributed by atoms with Crippen LogP contribution in [0.5, 0.6) is 0 Å². The van der Waals surface area contributed by atoms with E-state index < -0.39 is 15.3 Å². The van der Waals surface area contributed by atoms with Gasteiger partial charge in [-0.1, -0.05) is 0 Å². The number of rotatable bonds is 5. The molecule has 1 rings (SSSR count). The van der Waals surface area contributed by atoms with Crippen LogP contribution < -0.4 is 4.72 Å². The van der Waals surface area contributed by atoms with E-state index in [9.17, 15) is 8.42 Å². The van der Waals surface area contributed by atoms with E-state index in [0.29, 0.717) is 12.2 Å². The summed E-state index contributed by atoms with van der Waals surface area (Å²) in [6.45, 7) is 1.53. The first kappa shape index (κ1) is 11.6. The van der Waals surface area contributed by atoms with Crippen molar-refractivity contribution < 1.29 is 8.42 Å². The monoisotopic (exact) mass is 229 g/mol. The molecule has 1 aromatic heterocycles. The fraction of sp³-hybridized carbons (Fsp3) is 0.571. The summed E-state index contributed by atoms with van der Waals surface area (Å²) in [5, 5.41) is 13.6. The summed E-state index contributed by atoms with van der Waals surface area (Å²) in [4.78, 5) is 3.83. The number of hydrogen-bond acceptors (Lipinski definition) is 5. The Labute approximate surface area is 87.6 Å². The van der Waals surface area contributed by atoms with Gasteiger partial charge in [-0.15, -0.1) is 0 Å². The van der Waals surface area contributed by atoms with Crippen molar-refractivity contribution in [3.05, 3.63) is 12.2 Å². The Morgan fingerprint density at radius 1 is 1.73 bits per heavy atom. The van der Waals surface area contributed by atoms with Gasteiger partial charge in [0.1, 0.15) is 12.2 Å². The van der Waals surface area contributed by atoms with E-state index >= 15 is 0 Å². The number of sulfonamides is 1. The third kappa shape index (κ3) is 3.30. The van der Waals surface area contributed by atoms with Gasteiger partial charge in [0.25, 0.3) is 0 Å². The predicted molar refractivity (Wildman–Crippen MR) is 52.1 cm³/mol. The van der Waals surface area contributed by atoms with Gasteiger partial charge in [0.2, 0.25) is 10.0 Å². The molecule has 0 aliphatic carbocycles. The molecule has 1 heterocycles. The van der Waals surface area contributed by atoms with Crippen LogP contribution in [0.3, 0.4) is 0 Å². The van der Waals surface area contributed by atoms with Gasteiger partial charge in [0.05, 0.1) is 6.07 Å². The molecule has 82 valence electrons. The second-order valence-corrected chi connectivity index (χ2v) is 4.98. The number of nitriles is 1. The molecule has 15 heavy (non-hydrogen) atoms. The van der Waals surface area contributed by atoms with Crippen LogP contribution >= 0.6 is 0 Å². The van der Waals surface area contributed by atoms with Crippen molar-refractivity contribution in [1.82, 2.24) is 19.9 Å². The van der Waals surface area contributed by atoms with E-state index in [2.05, 4.69) is 19.9 Å². The Bertz CT molecular complexity index is 432. The molecule has 0 aromatic carbocycles. The van der Waals surface area contributed by atoms with Crippen molar-refractivity contribution in [3.8, 4) is 6.07 Å². The molecule has 0 amide bonds. The molecule has 0 saturated carbocycles. The fourth-order valence-corrected chi connectivity index (χ4v) is 1.63. The highest BCUT2D eigenvalue weighted by Gasteiger charge is 2.18. The van der Waals surface area contributed by atoms with Crippen LogP contribution in [0.2, 0.25) is 0 Å². The van der Waals surface area contributed by atoms with E-state index in [1.807, 2.05) is 0 Å². The second-order valence-electron chi connectivity index (χ2n) is 2.89. The van der Waals surface area contributed by atoms with Crippen molar-refractivity contribution in [2.24, 2.45) is 0 Å². The molecular weight excluding hydrogens is 218 g/mol. The van der Waals surface area contributed by atoms with Gasteiger partial charge >= 0.3 is 0 Å². The topological polar surface area (TPSA) is 112 Å². The third-order valence-corrected chi connectivity index (χ3v) is 3.42. The minimum Gasteiger partial charge on any atom is -0.263 e. The van der Waals surface area contributed by atoms with Crippen LogP contribution in [-0.2, 0) is 16.4 Å². The Kier molecular flexibility index (Phi) is 3.76. The molecule has 0 saturated heterocycles. The molecule has 1 unspecified atom stereocenters. The Hall–Kier alpha value is -1.46. The second kappa shape index (κ2) is 4.86. The van der Waals surface area contributed by atoms with Crippen LogP contribution in [0, 0.1) is 11.3 Å². The van der Waals surface area contributed by atoms with Gasteiger partial charge in [-0.05, 0) is 6.92 Å². The lowest BCUT2D eigenvalue weighted by atomic mass is 10.4. The lowest BCUT2D eigenvalue weighted by molar-refractivity contribution is 0.576. The minimum atomic E-state index is -3.54. The molecule has 0 aliphatic heterocycles. The van der Waals surface area contributed by atoms with E-state index in [1.165, 1.54) is 13.3 Å². The van der Waals surface area contributed by atoms with Crippen LogP contribution in [0.1, 0.15) is 12.7 Å². The van der Waals surface area contributed by atoms with Crippen LogP contribution in [0.25, 0.3) is 0 Å². The smallest absolute Gasteiger partial charge is 0.227 e. The zero-order chi connectivity index (χ0) is 11.3. The molecule has 0 spiro atoms. The lowest BCUT2D eigenvalue weighted by Gasteiger charge is -2.06. The predicted octanol–water partition coefficient (Wildman–Crippen LogP) is -0.821. The van der Waals surface area contributed by atoms with Crippen LogP contribution in [0.15, 0.2) is 6.33 Å². The quantitative estimate of drug-likeness (QED) is 0.685. The number of H-pyrrole nitrogens is 1. The van der Waals surface area contributed by atoms with Gasteiger partial charge in [-0.3, -0.25) is 5.10 Å². The first-order chi connectivity index (χ1) is 7.06. The van der Waals surface area contributed by atoms with Crippen LogP contribution in [-0.4, -0.2) is 35.4 Å². The van der Waals surface area contributed by atoms with Gasteiger partial charge in [-0.25, -0.2) is 18.1 Å². The molecule has 1 aromatic rings. The van der Waals surface area contributed by atoms with E-state index in [1.54, 1.807) is 6.07 Å². The molecule has 2 N–H and O–H groups in total. The lowest BCUT2D eigenvalue weighted by Crippen LogP contribution is -2.33. The molecule has 0 fully saturated rings. The van der Waals surface area contributed by atoms with Crippen molar-refractivity contribution >= 4 is 10.0 Å². The fourth-order valence-electron chi connectivity index (χ4n) is 0.857. The maximum absolute atomic E-state index is 11.3. The number of nitrogens with one attached hydrogen (secondary N) is 2. The number of aromatic nitrogens is 3.